The Bertz CT molecular complexity index is 1120. The molecule has 0 unspecified atom stereocenters. The van der Waals surface area contributed by atoms with Crippen LogP contribution in [-0.2, 0) is 11.8 Å². The average Bonchev–Trinajstić information content (AvgIpc) is 2.74. The number of alkyl halides is 3. The Morgan fingerprint density at radius 2 is 1.68 bits per heavy atom. The molecule has 162 valence electrons. The van der Waals surface area contributed by atoms with Crippen LogP contribution in [0, 0.1) is 0 Å². The van der Waals surface area contributed by atoms with E-state index in [-0.39, 0.29) is 30.7 Å². The molecule has 1 heterocycles. The Kier molecular flexibility index (Phi) is 5.81. The van der Waals surface area contributed by atoms with Gasteiger partial charge in [-0.15, -0.1) is 0 Å². The minimum atomic E-state index is -4.59. The maximum Gasteiger partial charge on any atom is 0.417 e. The molecule has 1 fully saturated rings. The number of rotatable bonds is 4. The van der Waals surface area contributed by atoms with E-state index in [1.807, 2.05) is 41.3 Å². The average molecular weight is 448 g/mol. The molecule has 3 aromatic carbocycles. The van der Waals surface area contributed by atoms with E-state index in [0.29, 0.717) is 18.7 Å². The molecular formula is C24H21ClF3NO2. The Balaban J connectivity index is 1.44. The van der Waals surface area contributed by atoms with Crippen molar-refractivity contribution in [3.63, 3.8) is 0 Å². The lowest BCUT2D eigenvalue weighted by atomic mass is 9.83. The van der Waals surface area contributed by atoms with Crippen molar-refractivity contribution in [2.45, 2.75) is 24.6 Å². The summed E-state index contributed by atoms with van der Waals surface area (Å²) in [6.07, 6.45) is -4.12. The minimum Gasteiger partial charge on any atom is -0.385 e. The SMILES string of the molecule is O=C(CN1CCC(O)(c2ccc(Cl)c(C(F)(F)F)c2)CC1)c1ccc2ccccc2c1. The van der Waals surface area contributed by atoms with Crippen LogP contribution in [0.3, 0.4) is 0 Å². The van der Waals surface area contributed by atoms with Gasteiger partial charge in [0.15, 0.2) is 5.78 Å². The molecule has 3 aromatic rings. The number of ketones is 1. The van der Waals surface area contributed by atoms with Crippen LogP contribution in [0.4, 0.5) is 13.2 Å². The first-order chi connectivity index (χ1) is 14.7. The number of hydrogen-bond acceptors (Lipinski definition) is 3. The molecule has 0 radical (unpaired) electrons. The Morgan fingerprint density at radius 3 is 2.35 bits per heavy atom. The number of hydrogen-bond donors (Lipinski definition) is 1. The molecule has 0 aromatic heterocycles. The molecule has 0 aliphatic carbocycles. The van der Waals surface area contributed by atoms with E-state index < -0.39 is 22.4 Å². The van der Waals surface area contributed by atoms with Gasteiger partial charge >= 0.3 is 6.18 Å². The highest BCUT2D eigenvalue weighted by atomic mass is 35.5. The molecule has 0 amide bonds. The molecule has 1 saturated heterocycles. The molecule has 0 bridgehead atoms. The fourth-order valence-corrected chi connectivity index (χ4v) is 4.28. The predicted octanol–water partition coefficient (Wildman–Crippen LogP) is 5.68. The summed E-state index contributed by atoms with van der Waals surface area (Å²) in [6, 6.07) is 16.9. The first-order valence-electron chi connectivity index (χ1n) is 10.00. The van der Waals surface area contributed by atoms with E-state index in [1.165, 1.54) is 12.1 Å². The maximum atomic E-state index is 13.2. The number of carbonyl (C=O) groups is 1. The molecule has 1 N–H and O–H groups in total. The van der Waals surface area contributed by atoms with Crippen molar-refractivity contribution in [3.05, 3.63) is 82.4 Å². The van der Waals surface area contributed by atoms with Gasteiger partial charge in [0, 0.05) is 18.7 Å². The zero-order valence-electron chi connectivity index (χ0n) is 16.6. The van der Waals surface area contributed by atoms with Crippen molar-refractivity contribution >= 4 is 28.2 Å². The fraction of sp³-hybridized carbons (Fsp3) is 0.292. The second kappa shape index (κ2) is 8.26. The van der Waals surface area contributed by atoms with Crippen LogP contribution in [0.25, 0.3) is 10.8 Å². The van der Waals surface area contributed by atoms with Crippen LogP contribution in [-0.4, -0.2) is 35.4 Å². The summed E-state index contributed by atoms with van der Waals surface area (Å²) in [4.78, 5) is 14.7. The van der Waals surface area contributed by atoms with Crippen molar-refractivity contribution in [2.75, 3.05) is 19.6 Å². The van der Waals surface area contributed by atoms with E-state index in [4.69, 9.17) is 11.6 Å². The molecule has 4 rings (SSSR count). The van der Waals surface area contributed by atoms with Crippen molar-refractivity contribution in [2.24, 2.45) is 0 Å². The molecule has 31 heavy (non-hydrogen) atoms. The highest BCUT2D eigenvalue weighted by molar-refractivity contribution is 6.31. The molecule has 0 atom stereocenters. The monoisotopic (exact) mass is 447 g/mol. The first kappa shape index (κ1) is 21.8. The number of Topliss-reactive ketones (excluding diaryl/α,β-unsaturated/α-hetero) is 1. The van der Waals surface area contributed by atoms with Gasteiger partial charge < -0.3 is 5.11 Å². The third-order valence-corrected chi connectivity index (χ3v) is 6.26. The maximum absolute atomic E-state index is 13.2. The number of nitrogens with zero attached hydrogens (tertiary/aromatic N) is 1. The van der Waals surface area contributed by atoms with Gasteiger partial charge in [-0.05, 0) is 47.4 Å². The fourth-order valence-electron chi connectivity index (χ4n) is 4.06. The van der Waals surface area contributed by atoms with Gasteiger partial charge in [0.2, 0.25) is 0 Å². The standard InChI is InChI=1S/C24H21ClF3NO2/c25-21-8-7-19(14-20(21)24(26,27)28)23(31)9-11-29(12-10-23)15-22(30)18-6-5-16-3-1-2-4-17(16)13-18/h1-8,13-14,31H,9-12,15H2. The minimum absolute atomic E-state index is 0.0259. The Morgan fingerprint density at radius 1 is 1.00 bits per heavy atom. The van der Waals surface area contributed by atoms with Gasteiger partial charge in [-0.2, -0.15) is 13.2 Å². The van der Waals surface area contributed by atoms with Gasteiger partial charge in [-0.1, -0.05) is 54.1 Å². The summed E-state index contributed by atoms with van der Waals surface area (Å²) < 4.78 is 39.5. The second-order valence-corrected chi connectivity index (χ2v) is 8.39. The van der Waals surface area contributed by atoms with Crippen LogP contribution in [0.1, 0.15) is 34.3 Å². The number of piperidine rings is 1. The van der Waals surface area contributed by atoms with E-state index in [0.717, 1.165) is 16.8 Å². The van der Waals surface area contributed by atoms with Gasteiger partial charge in [0.1, 0.15) is 0 Å². The van der Waals surface area contributed by atoms with Gasteiger partial charge in [-0.3, -0.25) is 9.69 Å². The summed E-state index contributed by atoms with van der Waals surface area (Å²) in [5.74, 6) is -0.0259. The lowest BCUT2D eigenvalue weighted by Gasteiger charge is -2.38. The summed E-state index contributed by atoms with van der Waals surface area (Å²) in [5.41, 5.74) is -1.52. The molecule has 0 saturated carbocycles. The summed E-state index contributed by atoms with van der Waals surface area (Å²) >= 11 is 5.69. The largest absolute Gasteiger partial charge is 0.417 e. The molecule has 1 aliphatic rings. The summed E-state index contributed by atoms with van der Waals surface area (Å²) in [6.45, 7) is 1.00. The summed E-state index contributed by atoms with van der Waals surface area (Å²) in [5, 5.41) is 12.6. The number of aliphatic hydroxyl groups is 1. The van der Waals surface area contributed by atoms with E-state index in [2.05, 4.69) is 0 Å². The molecule has 0 spiro atoms. The van der Waals surface area contributed by atoms with Crippen LogP contribution in [0.5, 0.6) is 0 Å². The van der Waals surface area contributed by atoms with Gasteiger partial charge in [-0.25, -0.2) is 0 Å². The predicted molar refractivity (Wildman–Crippen MR) is 114 cm³/mol. The van der Waals surface area contributed by atoms with E-state index in [9.17, 15) is 23.1 Å². The first-order valence-corrected chi connectivity index (χ1v) is 10.4. The summed E-state index contributed by atoms with van der Waals surface area (Å²) in [7, 11) is 0. The highest BCUT2D eigenvalue weighted by Gasteiger charge is 2.38. The van der Waals surface area contributed by atoms with Crippen molar-refractivity contribution in [1.82, 2.24) is 4.90 Å². The number of benzene rings is 3. The number of halogens is 4. The zero-order chi connectivity index (χ0) is 22.2. The van der Waals surface area contributed by atoms with Crippen molar-refractivity contribution < 1.29 is 23.1 Å². The van der Waals surface area contributed by atoms with E-state index in [1.54, 1.807) is 6.07 Å². The smallest absolute Gasteiger partial charge is 0.385 e. The van der Waals surface area contributed by atoms with Crippen LogP contribution in [0.15, 0.2) is 60.7 Å². The Labute approximate surface area is 183 Å². The molecule has 7 heteroatoms. The van der Waals surface area contributed by atoms with Crippen LogP contribution in [0.2, 0.25) is 5.02 Å². The topological polar surface area (TPSA) is 40.5 Å². The zero-order valence-corrected chi connectivity index (χ0v) is 17.4. The number of carbonyl (C=O) groups excluding carboxylic acids is 1. The van der Waals surface area contributed by atoms with E-state index >= 15 is 0 Å². The highest BCUT2D eigenvalue weighted by Crippen LogP contribution is 2.40. The van der Waals surface area contributed by atoms with Gasteiger partial charge in [0.05, 0.1) is 22.7 Å². The quantitative estimate of drug-likeness (QED) is 0.523. The van der Waals surface area contributed by atoms with Crippen molar-refractivity contribution in [1.29, 1.82) is 0 Å². The molecule has 1 aliphatic heterocycles. The third-order valence-electron chi connectivity index (χ3n) is 5.93. The Hall–Kier alpha value is -2.41. The van der Waals surface area contributed by atoms with Gasteiger partial charge in [0.25, 0.3) is 0 Å². The van der Waals surface area contributed by atoms with Crippen molar-refractivity contribution in [3.8, 4) is 0 Å². The lowest BCUT2D eigenvalue weighted by Crippen LogP contribution is -2.44. The van der Waals surface area contributed by atoms with Crippen LogP contribution >= 0.6 is 11.6 Å². The third kappa shape index (κ3) is 4.61. The molecule has 3 nitrogen and oxygen atoms in total. The normalized spacial score (nSPS) is 17.1. The van der Waals surface area contributed by atoms with Crippen LogP contribution < -0.4 is 0 Å². The number of fused-ring (bicyclic) bond motifs is 1. The molecular weight excluding hydrogens is 427 g/mol. The number of likely N-dealkylation sites (tertiary alicyclic amines) is 1. The lowest BCUT2D eigenvalue weighted by molar-refractivity contribution is -0.137. The second-order valence-electron chi connectivity index (χ2n) is 7.99.